The van der Waals surface area contributed by atoms with Crippen molar-refractivity contribution in [2.24, 2.45) is 0 Å². The van der Waals surface area contributed by atoms with E-state index in [2.05, 4.69) is 38.2 Å². The molecule has 0 saturated carbocycles. The summed E-state index contributed by atoms with van der Waals surface area (Å²) in [5.74, 6) is -0.132. The van der Waals surface area contributed by atoms with Crippen LogP contribution in [0.2, 0.25) is 0 Å². The second-order valence-electron chi connectivity index (χ2n) is 4.68. The molecule has 0 amide bonds. The van der Waals surface area contributed by atoms with Gasteiger partial charge in [0.1, 0.15) is 5.82 Å². The lowest BCUT2D eigenvalue weighted by molar-refractivity contribution is 0.618. The number of halogens is 1. The standard InChI is InChI=1S/C10H15N.C7H7F.H2/c1-7-5-6-10(11-4)9(3)8(7)2;1-6-4-2-3-5-7(6)8;/h5-6,11H,1-4H3;2-5H,1H3;1H. The maximum absolute atomic E-state index is 12.3. The van der Waals surface area contributed by atoms with E-state index < -0.39 is 0 Å². The first-order valence-electron chi connectivity index (χ1n) is 6.43. The van der Waals surface area contributed by atoms with Crippen LogP contribution < -0.4 is 5.32 Å². The van der Waals surface area contributed by atoms with Crippen molar-refractivity contribution in [3.8, 4) is 0 Å². The average molecular weight is 261 g/mol. The zero-order valence-electron chi connectivity index (χ0n) is 12.3. The van der Waals surface area contributed by atoms with Crippen molar-refractivity contribution < 1.29 is 5.82 Å². The fraction of sp³-hybridized carbons (Fsp3) is 0.294. The number of benzene rings is 2. The molecule has 0 saturated heterocycles. The van der Waals surface area contributed by atoms with E-state index in [1.54, 1.807) is 19.1 Å². The maximum atomic E-state index is 12.3. The number of nitrogens with one attached hydrogen (secondary N) is 1. The number of aryl methyl sites for hydroxylation is 2. The number of hydrogen-bond acceptors (Lipinski definition) is 1. The fourth-order valence-electron chi connectivity index (χ4n) is 1.78. The highest BCUT2D eigenvalue weighted by atomic mass is 19.1. The maximum Gasteiger partial charge on any atom is 0.126 e. The highest BCUT2D eigenvalue weighted by Crippen LogP contribution is 2.20. The molecular weight excluding hydrogens is 237 g/mol. The van der Waals surface area contributed by atoms with Crippen LogP contribution in [0.25, 0.3) is 0 Å². The van der Waals surface area contributed by atoms with Crippen LogP contribution in [-0.2, 0) is 0 Å². The Hall–Kier alpha value is -1.83. The van der Waals surface area contributed by atoms with Gasteiger partial charge < -0.3 is 5.32 Å². The summed E-state index contributed by atoms with van der Waals surface area (Å²) in [5.41, 5.74) is 6.03. The predicted octanol–water partition coefficient (Wildman–Crippen LogP) is 5.03. The second kappa shape index (κ2) is 6.93. The normalized spacial score (nSPS) is 9.58. The van der Waals surface area contributed by atoms with E-state index in [1.807, 2.05) is 13.1 Å². The Labute approximate surface area is 117 Å². The summed E-state index contributed by atoms with van der Waals surface area (Å²) in [6.07, 6.45) is 0. The van der Waals surface area contributed by atoms with Crippen LogP contribution in [-0.4, -0.2) is 7.05 Å². The summed E-state index contributed by atoms with van der Waals surface area (Å²) < 4.78 is 12.3. The predicted molar refractivity (Wildman–Crippen MR) is 83.5 cm³/mol. The minimum atomic E-state index is -0.132. The van der Waals surface area contributed by atoms with Crippen LogP contribution in [0.4, 0.5) is 10.1 Å². The Morgan fingerprint density at radius 3 is 1.95 bits per heavy atom. The number of anilines is 1. The Balaban J connectivity index is 0.000000359. The molecule has 0 aromatic heterocycles. The molecule has 0 unspecified atom stereocenters. The first kappa shape index (κ1) is 15.2. The van der Waals surface area contributed by atoms with E-state index in [0.29, 0.717) is 5.56 Å². The molecular formula is C17H24FN. The third-order valence-electron chi connectivity index (χ3n) is 3.40. The molecule has 0 aliphatic carbocycles. The van der Waals surface area contributed by atoms with Crippen LogP contribution in [0, 0.1) is 33.5 Å². The first-order chi connectivity index (χ1) is 8.97. The van der Waals surface area contributed by atoms with Gasteiger partial charge in [0.05, 0.1) is 0 Å². The van der Waals surface area contributed by atoms with E-state index in [1.165, 1.54) is 28.4 Å². The Morgan fingerprint density at radius 1 is 0.842 bits per heavy atom. The second-order valence-corrected chi connectivity index (χ2v) is 4.68. The molecule has 1 N–H and O–H groups in total. The van der Waals surface area contributed by atoms with E-state index in [0.717, 1.165) is 0 Å². The molecule has 0 aliphatic heterocycles. The molecule has 2 aromatic carbocycles. The molecule has 0 heterocycles. The van der Waals surface area contributed by atoms with Gasteiger partial charge >= 0.3 is 0 Å². The summed E-state index contributed by atoms with van der Waals surface area (Å²) in [7, 11) is 1.96. The van der Waals surface area contributed by atoms with Gasteiger partial charge in [-0.05, 0) is 62.1 Å². The highest BCUT2D eigenvalue weighted by Gasteiger charge is 2.00. The summed E-state index contributed by atoms with van der Waals surface area (Å²) in [6.45, 7) is 8.19. The summed E-state index contributed by atoms with van der Waals surface area (Å²) in [4.78, 5) is 0. The van der Waals surface area contributed by atoms with Crippen molar-refractivity contribution in [2.75, 3.05) is 12.4 Å². The smallest absolute Gasteiger partial charge is 0.126 e. The largest absolute Gasteiger partial charge is 0.388 e. The Morgan fingerprint density at radius 2 is 1.47 bits per heavy atom. The lowest BCUT2D eigenvalue weighted by Gasteiger charge is -2.09. The zero-order chi connectivity index (χ0) is 14.4. The van der Waals surface area contributed by atoms with Crippen molar-refractivity contribution in [2.45, 2.75) is 27.7 Å². The zero-order valence-corrected chi connectivity index (χ0v) is 12.3. The van der Waals surface area contributed by atoms with Gasteiger partial charge in [0.15, 0.2) is 0 Å². The number of rotatable bonds is 1. The molecule has 0 atom stereocenters. The van der Waals surface area contributed by atoms with Gasteiger partial charge in [-0.15, -0.1) is 0 Å². The van der Waals surface area contributed by atoms with Gasteiger partial charge in [0.2, 0.25) is 0 Å². The molecule has 19 heavy (non-hydrogen) atoms. The molecule has 1 nitrogen and oxygen atoms in total. The van der Waals surface area contributed by atoms with E-state index in [4.69, 9.17) is 0 Å². The van der Waals surface area contributed by atoms with Crippen LogP contribution in [0.5, 0.6) is 0 Å². The molecule has 0 radical (unpaired) electrons. The molecule has 2 heteroatoms. The van der Waals surface area contributed by atoms with Crippen LogP contribution >= 0.6 is 0 Å². The van der Waals surface area contributed by atoms with Gasteiger partial charge in [-0.25, -0.2) is 4.39 Å². The van der Waals surface area contributed by atoms with Crippen LogP contribution in [0.3, 0.4) is 0 Å². The molecule has 0 fully saturated rings. The van der Waals surface area contributed by atoms with E-state index in [-0.39, 0.29) is 7.24 Å². The molecule has 0 spiro atoms. The average Bonchev–Trinajstić information content (AvgIpc) is 2.41. The number of hydrogen-bond donors (Lipinski definition) is 1. The van der Waals surface area contributed by atoms with Crippen molar-refractivity contribution in [1.29, 1.82) is 0 Å². The van der Waals surface area contributed by atoms with E-state index in [9.17, 15) is 4.39 Å². The Bertz CT molecular complexity index is 532. The summed E-state index contributed by atoms with van der Waals surface area (Å²) >= 11 is 0. The first-order valence-corrected chi connectivity index (χ1v) is 6.43. The van der Waals surface area contributed by atoms with Crippen LogP contribution in [0.15, 0.2) is 36.4 Å². The third-order valence-corrected chi connectivity index (χ3v) is 3.40. The van der Waals surface area contributed by atoms with Crippen LogP contribution in [0.1, 0.15) is 23.7 Å². The molecule has 104 valence electrons. The van der Waals surface area contributed by atoms with Gasteiger partial charge in [0.25, 0.3) is 0 Å². The van der Waals surface area contributed by atoms with Gasteiger partial charge in [-0.3, -0.25) is 0 Å². The van der Waals surface area contributed by atoms with Crippen molar-refractivity contribution >= 4 is 5.69 Å². The van der Waals surface area contributed by atoms with Gasteiger partial charge in [-0.2, -0.15) is 0 Å². The molecule has 2 aromatic rings. The fourth-order valence-corrected chi connectivity index (χ4v) is 1.78. The van der Waals surface area contributed by atoms with Gasteiger partial charge in [-0.1, -0.05) is 24.3 Å². The SMILES string of the molecule is CNc1ccc(C)c(C)c1C.Cc1ccccc1F.[HH]. The van der Waals surface area contributed by atoms with Crippen molar-refractivity contribution in [1.82, 2.24) is 0 Å². The molecule has 0 bridgehead atoms. The van der Waals surface area contributed by atoms with Crippen molar-refractivity contribution in [3.63, 3.8) is 0 Å². The van der Waals surface area contributed by atoms with E-state index >= 15 is 0 Å². The lowest BCUT2D eigenvalue weighted by Crippen LogP contribution is -1.95. The monoisotopic (exact) mass is 261 g/mol. The summed E-state index contributed by atoms with van der Waals surface area (Å²) in [6, 6.07) is 11.0. The van der Waals surface area contributed by atoms with Gasteiger partial charge in [0, 0.05) is 14.2 Å². The third kappa shape index (κ3) is 4.09. The Kier molecular flexibility index (Phi) is 5.56. The molecule has 2 rings (SSSR count). The van der Waals surface area contributed by atoms with Crippen molar-refractivity contribution in [3.05, 3.63) is 64.5 Å². The highest BCUT2D eigenvalue weighted by molar-refractivity contribution is 5.55. The minimum Gasteiger partial charge on any atom is -0.388 e. The quantitative estimate of drug-likeness (QED) is 0.759. The lowest BCUT2D eigenvalue weighted by atomic mass is 10.0. The minimum absolute atomic E-state index is 0. The topological polar surface area (TPSA) is 12.0 Å². The summed E-state index contributed by atoms with van der Waals surface area (Å²) in [5, 5.41) is 3.16. The molecule has 0 aliphatic rings.